The van der Waals surface area contributed by atoms with Crippen LogP contribution in [0.15, 0.2) is 28.1 Å². The Balaban J connectivity index is 2.55. The first-order valence-electron chi connectivity index (χ1n) is 6.14. The molecule has 2 nitrogen and oxygen atoms in total. The summed E-state index contributed by atoms with van der Waals surface area (Å²) in [5, 5.41) is 3.39. The summed E-state index contributed by atoms with van der Waals surface area (Å²) in [5.41, 5.74) is 3.69. The lowest BCUT2D eigenvalue weighted by molar-refractivity contribution is 0.405. The highest BCUT2D eigenvalue weighted by Crippen LogP contribution is 2.37. The lowest BCUT2D eigenvalue weighted by Crippen LogP contribution is -2.18. The fourth-order valence-electron chi connectivity index (χ4n) is 2.39. The van der Waals surface area contributed by atoms with Crippen LogP contribution in [-0.2, 0) is 0 Å². The highest BCUT2D eigenvalue weighted by molar-refractivity contribution is 9.11. The summed E-state index contributed by atoms with van der Waals surface area (Å²) in [6.45, 7) is 4.23. The Kier molecular flexibility index (Phi) is 4.66. The first-order chi connectivity index (χ1) is 9.06. The topological polar surface area (TPSA) is 21.3 Å². The molecule has 1 heterocycles. The standard InChI is InChI=1S/C15H18BrNOS/c1-9-7-10(2)14(11(8-9)18-4)15(17-3)12-5-6-13(16)19-12/h5-8,15,17H,1-4H3. The van der Waals surface area contributed by atoms with Gasteiger partial charge in [0, 0.05) is 10.4 Å². The molecule has 1 N–H and O–H groups in total. The van der Waals surface area contributed by atoms with Gasteiger partial charge >= 0.3 is 0 Å². The molecule has 0 amide bonds. The zero-order valence-corrected chi connectivity index (χ0v) is 14.0. The Labute approximate surface area is 126 Å². The second kappa shape index (κ2) is 6.07. The van der Waals surface area contributed by atoms with Crippen molar-refractivity contribution in [2.45, 2.75) is 19.9 Å². The van der Waals surface area contributed by atoms with E-state index in [9.17, 15) is 0 Å². The van der Waals surface area contributed by atoms with Crippen molar-refractivity contribution in [2.24, 2.45) is 0 Å². The maximum Gasteiger partial charge on any atom is 0.124 e. The number of rotatable bonds is 4. The lowest BCUT2D eigenvalue weighted by atomic mass is 9.97. The monoisotopic (exact) mass is 339 g/mol. The predicted molar refractivity (Wildman–Crippen MR) is 85.4 cm³/mol. The number of ether oxygens (including phenoxy) is 1. The molecule has 0 bridgehead atoms. The molecule has 19 heavy (non-hydrogen) atoms. The number of nitrogens with one attached hydrogen (secondary N) is 1. The molecule has 0 saturated carbocycles. The molecule has 0 fully saturated rings. The minimum absolute atomic E-state index is 0.159. The third-order valence-corrected chi connectivity index (χ3v) is 4.86. The Morgan fingerprint density at radius 1 is 1.26 bits per heavy atom. The molecule has 0 aliphatic rings. The van der Waals surface area contributed by atoms with Gasteiger partial charge < -0.3 is 10.1 Å². The second-order valence-electron chi connectivity index (χ2n) is 4.56. The molecule has 2 aromatic rings. The van der Waals surface area contributed by atoms with Crippen LogP contribution in [0.3, 0.4) is 0 Å². The van der Waals surface area contributed by atoms with E-state index in [0.29, 0.717) is 0 Å². The fraction of sp³-hybridized carbons (Fsp3) is 0.333. The van der Waals surface area contributed by atoms with E-state index in [0.717, 1.165) is 9.54 Å². The number of thiophene rings is 1. The van der Waals surface area contributed by atoms with Gasteiger partial charge in [0.15, 0.2) is 0 Å². The Morgan fingerprint density at radius 3 is 2.53 bits per heavy atom. The SMILES string of the molecule is CNC(c1ccc(Br)s1)c1c(C)cc(C)cc1OC. The number of aryl methyl sites for hydroxylation is 2. The summed E-state index contributed by atoms with van der Waals surface area (Å²) in [4.78, 5) is 1.28. The maximum atomic E-state index is 5.57. The van der Waals surface area contributed by atoms with Crippen LogP contribution >= 0.6 is 27.3 Å². The number of halogens is 1. The van der Waals surface area contributed by atoms with E-state index in [1.807, 2.05) is 7.05 Å². The van der Waals surface area contributed by atoms with Gasteiger partial charge in [-0.05, 0) is 66.2 Å². The number of hydrogen-bond donors (Lipinski definition) is 1. The van der Waals surface area contributed by atoms with Crippen molar-refractivity contribution in [2.75, 3.05) is 14.2 Å². The smallest absolute Gasteiger partial charge is 0.124 e. The average Bonchev–Trinajstić information content (AvgIpc) is 2.78. The van der Waals surface area contributed by atoms with E-state index < -0.39 is 0 Å². The molecule has 0 aliphatic carbocycles. The van der Waals surface area contributed by atoms with E-state index in [2.05, 4.69) is 59.4 Å². The zero-order chi connectivity index (χ0) is 14.0. The molecule has 0 saturated heterocycles. The number of hydrogen-bond acceptors (Lipinski definition) is 3. The molecule has 1 atom stereocenters. The van der Waals surface area contributed by atoms with E-state index in [1.165, 1.54) is 21.6 Å². The van der Waals surface area contributed by atoms with Crippen molar-refractivity contribution in [3.05, 3.63) is 49.6 Å². The zero-order valence-electron chi connectivity index (χ0n) is 11.6. The largest absolute Gasteiger partial charge is 0.496 e. The first-order valence-corrected chi connectivity index (χ1v) is 7.75. The Bertz CT molecular complexity index is 580. The normalized spacial score (nSPS) is 12.5. The van der Waals surface area contributed by atoms with Gasteiger partial charge in [0.2, 0.25) is 0 Å². The van der Waals surface area contributed by atoms with Gasteiger partial charge in [0.25, 0.3) is 0 Å². The molecule has 2 rings (SSSR count). The van der Waals surface area contributed by atoms with Gasteiger partial charge in [0.05, 0.1) is 16.9 Å². The van der Waals surface area contributed by atoms with Crippen LogP contribution in [0.4, 0.5) is 0 Å². The van der Waals surface area contributed by atoms with Gasteiger partial charge in [0.1, 0.15) is 5.75 Å². The van der Waals surface area contributed by atoms with Crippen LogP contribution < -0.4 is 10.1 Å². The van der Waals surface area contributed by atoms with Crippen molar-refractivity contribution in [3.8, 4) is 5.75 Å². The van der Waals surface area contributed by atoms with E-state index in [4.69, 9.17) is 4.74 Å². The summed E-state index contributed by atoms with van der Waals surface area (Å²) in [6.07, 6.45) is 0. The molecule has 1 aromatic carbocycles. The Morgan fingerprint density at radius 2 is 2.00 bits per heavy atom. The molecular formula is C15H18BrNOS. The van der Waals surface area contributed by atoms with Gasteiger partial charge in [-0.1, -0.05) is 6.07 Å². The number of methoxy groups -OCH3 is 1. The first kappa shape index (κ1) is 14.6. The van der Waals surface area contributed by atoms with Crippen LogP contribution in [0.1, 0.15) is 27.6 Å². The summed E-state index contributed by atoms with van der Waals surface area (Å²) in [6, 6.07) is 8.68. The summed E-state index contributed by atoms with van der Waals surface area (Å²) in [5.74, 6) is 0.946. The summed E-state index contributed by atoms with van der Waals surface area (Å²) >= 11 is 5.27. The van der Waals surface area contributed by atoms with Crippen LogP contribution in [0.25, 0.3) is 0 Å². The van der Waals surface area contributed by atoms with Crippen LogP contribution in [-0.4, -0.2) is 14.2 Å². The van der Waals surface area contributed by atoms with Gasteiger partial charge in [-0.25, -0.2) is 0 Å². The maximum absolute atomic E-state index is 5.57. The van der Waals surface area contributed by atoms with Crippen molar-refractivity contribution in [3.63, 3.8) is 0 Å². The van der Waals surface area contributed by atoms with Crippen LogP contribution in [0, 0.1) is 13.8 Å². The van der Waals surface area contributed by atoms with Gasteiger partial charge in [-0.3, -0.25) is 0 Å². The third kappa shape index (κ3) is 3.02. The van der Waals surface area contributed by atoms with Gasteiger partial charge in [-0.2, -0.15) is 0 Å². The molecule has 4 heteroatoms. The molecular weight excluding hydrogens is 322 g/mol. The van der Waals surface area contributed by atoms with Gasteiger partial charge in [-0.15, -0.1) is 11.3 Å². The molecule has 1 unspecified atom stereocenters. The highest BCUT2D eigenvalue weighted by Gasteiger charge is 2.20. The molecule has 0 aliphatic heterocycles. The average molecular weight is 340 g/mol. The highest BCUT2D eigenvalue weighted by atomic mass is 79.9. The van der Waals surface area contributed by atoms with Crippen molar-refractivity contribution < 1.29 is 4.74 Å². The van der Waals surface area contributed by atoms with Crippen LogP contribution in [0.2, 0.25) is 0 Å². The summed E-state index contributed by atoms with van der Waals surface area (Å²) in [7, 11) is 3.71. The Hall–Kier alpha value is -0.840. The fourth-order valence-corrected chi connectivity index (χ4v) is 3.93. The van der Waals surface area contributed by atoms with Crippen molar-refractivity contribution in [1.82, 2.24) is 5.32 Å². The van der Waals surface area contributed by atoms with E-state index >= 15 is 0 Å². The lowest BCUT2D eigenvalue weighted by Gasteiger charge is -2.21. The molecule has 1 aromatic heterocycles. The number of benzene rings is 1. The molecule has 0 spiro atoms. The van der Waals surface area contributed by atoms with E-state index in [-0.39, 0.29) is 6.04 Å². The molecule has 102 valence electrons. The predicted octanol–water partition coefficient (Wildman–Crippen LogP) is 4.44. The quantitative estimate of drug-likeness (QED) is 0.888. The van der Waals surface area contributed by atoms with Crippen molar-refractivity contribution in [1.29, 1.82) is 0 Å². The minimum atomic E-state index is 0.159. The van der Waals surface area contributed by atoms with Crippen LogP contribution in [0.5, 0.6) is 5.75 Å². The van der Waals surface area contributed by atoms with Crippen molar-refractivity contribution >= 4 is 27.3 Å². The van der Waals surface area contributed by atoms with E-state index in [1.54, 1.807) is 18.4 Å². The molecule has 0 radical (unpaired) electrons. The summed E-state index contributed by atoms with van der Waals surface area (Å²) < 4.78 is 6.72. The minimum Gasteiger partial charge on any atom is -0.496 e. The third-order valence-electron chi connectivity index (χ3n) is 3.17. The second-order valence-corrected chi connectivity index (χ2v) is 7.06.